The van der Waals surface area contributed by atoms with Gasteiger partial charge in [0.1, 0.15) is 5.52 Å². The summed E-state index contributed by atoms with van der Waals surface area (Å²) < 4.78 is 5.47. The Hall–Kier alpha value is -2.14. The molecule has 1 atom stereocenters. The van der Waals surface area contributed by atoms with Crippen molar-refractivity contribution in [3.05, 3.63) is 36.2 Å². The van der Waals surface area contributed by atoms with Gasteiger partial charge in [-0.2, -0.15) is 0 Å². The average molecular weight is 260 g/mol. The number of rotatable bonds is 4. The van der Waals surface area contributed by atoms with Crippen LogP contribution in [0.15, 0.2) is 34.8 Å². The summed E-state index contributed by atoms with van der Waals surface area (Å²) in [6, 6.07) is 7.18. The lowest BCUT2D eigenvalue weighted by Gasteiger charge is -2.21. The highest BCUT2D eigenvalue weighted by molar-refractivity contribution is 5.91. The van der Waals surface area contributed by atoms with Crippen LogP contribution in [0.2, 0.25) is 0 Å². The number of hydrogen-bond donors (Lipinski definition) is 1. The van der Waals surface area contributed by atoms with E-state index in [1.54, 1.807) is 14.0 Å². The minimum atomic E-state index is -0.221. The third-order valence-corrected chi connectivity index (χ3v) is 2.95. The van der Waals surface area contributed by atoms with E-state index in [9.17, 15) is 4.79 Å². The molecule has 2 aromatic rings. The lowest BCUT2D eigenvalue weighted by atomic mass is 10.3. The van der Waals surface area contributed by atoms with Crippen LogP contribution in [0, 0.1) is 0 Å². The van der Waals surface area contributed by atoms with Gasteiger partial charge in [-0.3, -0.25) is 4.79 Å². The van der Waals surface area contributed by atoms with Gasteiger partial charge in [-0.1, -0.05) is 12.1 Å². The standard InChI is InChI=1S/C14H16N2O3/c1-10(9-17)16(2)14(18)8-7-13-15-11-5-3-4-6-12(11)19-13/h3-8,10,17H,9H2,1-2H3/b8-7+. The molecule has 1 aromatic carbocycles. The highest BCUT2D eigenvalue weighted by atomic mass is 16.3. The molecule has 5 heteroatoms. The first-order chi connectivity index (χ1) is 9.11. The Balaban J connectivity index is 2.11. The highest BCUT2D eigenvalue weighted by Crippen LogP contribution is 2.15. The van der Waals surface area contributed by atoms with E-state index in [0.29, 0.717) is 11.5 Å². The molecule has 1 aromatic heterocycles. The van der Waals surface area contributed by atoms with Crippen molar-refractivity contribution in [1.82, 2.24) is 9.88 Å². The van der Waals surface area contributed by atoms with Gasteiger partial charge >= 0.3 is 0 Å². The summed E-state index contributed by atoms with van der Waals surface area (Å²) >= 11 is 0. The van der Waals surface area contributed by atoms with Gasteiger partial charge < -0.3 is 14.4 Å². The molecule has 1 N–H and O–H groups in total. The number of aromatic nitrogens is 1. The lowest BCUT2D eigenvalue weighted by Crippen LogP contribution is -2.36. The molecule has 0 aliphatic carbocycles. The number of hydrogen-bond acceptors (Lipinski definition) is 4. The molecule has 5 nitrogen and oxygen atoms in total. The van der Waals surface area contributed by atoms with E-state index in [1.807, 2.05) is 24.3 Å². The van der Waals surface area contributed by atoms with Gasteiger partial charge in [-0.05, 0) is 19.1 Å². The fourth-order valence-electron chi connectivity index (χ4n) is 1.56. The monoisotopic (exact) mass is 260 g/mol. The van der Waals surface area contributed by atoms with Crippen molar-refractivity contribution in [3.63, 3.8) is 0 Å². The zero-order valence-corrected chi connectivity index (χ0v) is 10.9. The first kappa shape index (κ1) is 13.3. The summed E-state index contributed by atoms with van der Waals surface area (Å²) in [4.78, 5) is 17.5. The first-order valence-electron chi connectivity index (χ1n) is 6.03. The number of amides is 1. The Bertz CT molecular complexity index is 571. The molecule has 0 aliphatic rings. The van der Waals surface area contributed by atoms with Crippen LogP contribution in [0.1, 0.15) is 12.8 Å². The second-order valence-corrected chi connectivity index (χ2v) is 4.33. The lowest BCUT2D eigenvalue weighted by molar-refractivity contribution is -0.127. The number of carbonyl (C=O) groups excluding carboxylic acids is 1. The molecule has 0 saturated heterocycles. The predicted octanol–water partition coefficient (Wildman–Crippen LogP) is 1.68. The molecule has 1 heterocycles. The Kier molecular flexibility index (Phi) is 3.97. The van der Waals surface area contributed by atoms with Crippen LogP contribution in [0.5, 0.6) is 0 Å². The molecule has 0 bridgehead atoms. The Labute approximate surface area is 111 Å². The molecule has 0 fully saturated rings. The van der Waals surface area contributed by atoms with Crippen LogP contribution in [0.4, 0.5) is 0 Å². The number of carbonyl (C=O) groups is 1. The van der Waals surface area contributed by atoms with Crippen LogP contribution in [0.3, 0.4) is 0 Å². The van der Waals surface area contributed by atoms with Crippen LogP contribution in [-0.2, 0) is 4.79 Å². The van der Waals surface area contributed by atoms with Crippen molar-refractivity contribution in [2.45, 2.75) is 13.0 Å². The SMILES string of the molecule is CC(CO)N(C)C(=O)/C=C/c1nc2ccccc2o1. The van der Waals surface area contributed by atoms with Crippen molar-refractivity contribution >= 4 is 23.1 Å². The van der Waals surface area contributed by atoms with Gasteiger partial charge in [0.25, 0.3) is 0 Å². The number of nitrogens with zero attached hydrogens (tertiary/aromatic N) is 2. The van der Waals surface area contributed by atoms with Gasteiger partial charge in [0.15, 0.2) is 5.58 Å². The maximum atomic E-state index is 11.8. The van der Waals surface area contributed by atoms with Crippen molar-refractivity contribution in [1.29, 1.82) is 0 Å². The molecule has 0 saturated carbocycles. The molecular formula is C14H16N2O3. The Morgan fingerprint density at radius 3 is 2.95 bits per heavy atom. The zero-order chi connectivity index (χ0) is 13.8. The topological polar surface area (TPSA) is 66.6 Å². The number of oxazole rings is 1. The molecule has 19 heavy (non-hydrogen) atoms. The van der Waals surface area contributed by atoms with Crippen LogP contribution in [0.25, 0.3) is 17.2 Å². The van der Waals surface area contributed by atoms with E-state index in [4.69, 9.17) is 9.52 Å². The predicted molar refractivity (Wildman–Crippen MR) is 72.4 cm³/mol. The molecule has 0 radical (unpaired) electrons. The minimum absolute atomic E-state index is 0.0705. The molecule has 0 spiro atoms. The quantitative estimate of drug-likeness (QED) is 0.849. The van der Waals surface area contributed by atoms with Gasteiger partial charge in [0.05, 0.1) is 12.6 Å². The number of para-hydroxylation sites is 2. The largest absolute Gasteiger partial charge is 0.437 e. The number of benzene rings is 1. The van der Waals surface area contributed by atoms with Gasteiger partial charge in [-0.25, -0.2) is 4.98 Å². The Morgan fingerprint density at radius 1 is 1.53 bits per heavy atom. The summed E-state index contributed by atoms with van der Waals surface area (Å²) in [6.45, 7) is 1.70. The summed E-state index contributed by atoms with van der Waals surface area (Å²) in [6.07, 6.45) is 2.92. The van der Waals surface area contributed by atoms with E-state index in [1.165, 1.54) is 17.1 Å². The van der Waals surface area contributed by atoms with Crippen molar-refractivity contribution < 1.29 is 14.3 Å². The fourth-order valence-corrected chi connectivity index (χ4v) is 1.56. The van der Waals surface area contributed by atoms with Crippen molar-refractivity contribution in [2.24, 2.45) is 0 Å². The number of likely N-dealkylation sites (N-methyl/N-ethyl adjacent to an activating group) is 1. The van der Waals surface area contributed by atoms with E-state index in [-0.39, 0.29) is 18.6 Å². The van der Waals surface area contributed by atoms with Gasteiger partial charge in [-0.15, -0.1) is 0 Å². The second kappa shape index (κ2) is 5.67. The molecule has 2 rings (SSSR count). The van der Waals surface area contributed by atoms with Gasteiger partial charge in [0.2, 0.25) is 11.8 Å². The van der Waals surface area contributed by atoms with Crippen molar-refractivity contribution in [2.75, 3.05) is 13.7 Å². The summed E-state index contributed by atoms with van der Waals surface area (Å²) in [5.74, 6) is 0.184. The number of aliphatic hydroxyl groups excluding tert-OH is 1. The molecule has 100 valence electrons. The third-order valence-electron chi connectivity index (χ3n) is 2.95. The second-order valence-electron chi connectivity index (χ2n) is 4.33. The van der Waals surface area contributed by atoms with E-state index in [2.05, 4.69) is 4.98 Å². The number of aliphatic hydroxyl groups is 1. The van der Waals surface area contributed by atoms with E-state index >= 15 is 0 Å². The van der Waals surface area contributed by atoms with Gasteiger partial charge in [0, 0.05) is 19.2 Å². The minimum Gasteiger partial charge on any atom is -0.437 e. The van der Waals surface area contributed by atoms with E-state index in [0.717, 1.165) is 5.52 Å². The molecule has 1 unspecified atom stereocenters. The van der Waals surface area contributed by atoms with Crippen LogP contribution >= 0.6 is 0 Å². The van der Waals surface area contributed by atoms with Crippen LogP contribution < -0.4 is 0 Å². The summed E-state index contributed by atoms with van der Waals surface area (Å²) in [7, 11) is 1.64. The number of fused-ring (bicyclic) bond motifs is 1. The fraction of sp³-hybridized carbons (Fsp3) is 0.286. The summed E-state index contributed by atoms with van der Waals surface area (Å²) in [5, 5.41) is 8.99. The maximum Gasteiger partial charge on any atom is 0.246 e. The van der Waals surface area contributed by atoms with Crippen LogP contribution in [-0.4, -0.2) is 40.6 Å². The van der Waals surface area contributed by atoms with Crippen molar-refractivity contribution in [3.8, 4) is 0 Å². The normalized spacial score (nSPS) is 13.0. The zero-order valence-electron chi connectivity index (χ0n) is 10.9. The Morgan fingerprint density at radius 2 is 2.26 bits per heavy atom. The first-order valence-corrected chi connectivity index (χ1v) is 6.03. The highest BCUT2D eigenvalue weighted by Gasteiger charge is 2.12. The smallest absolute Gasteiger partial charge is 0.246 e. The maximum absolute atomic E-state index is 11.8. The summed E-state index contributed by atoms with van der Waals surface area (Å²) in [5.41, 5.74) is 1.44. The molecule has 0 aliphatic heterocycles. The third kappa shape index (κ3) is 3.00. The molecular weight excluding hydrogens is 244 g/mol. The average Bonchev–Trinajstić information content (AvgIpc) is 2.85. The van der Waals surface area contributed by atoms with E-state index < -0.39 is 0 Å². The molecule has 1 amide bonds.